The molecular weight excluding hydrogens is 590 g/mol. The van der Waals surface area contributed by atoms with E-state index in [1.165, 1.54) is 15.7 Å². The van der Waals surface area contributed by atoms with Crippen LogP contribution in [-0.2, 0) is 17.9 Å². The minimum atomic E-state index is -0.282. The van der Waals surface area contributed by atoms with Crippen molar-refractivity contribution in [3.05, 3.63) is 115 Å². The fourth-order valence-corrected chi connectivity index (χ4v) is 5.47. The van der Waals surface area contributed by atoms with Crippen molar-refractivity contribution in [3.8, 4) is 5.75 Å². The Morgan fingerprint density at radius 3 is 2.46 bits per heavy atom. The lowest BCUT2D eigenvalue weighted by molar-refractivity contribution is -0.123. The molecule has 0 bridgehead atoms. The number of nitrogens with zero attached hydrogens (tertiary/aromatic N) is 1. The predicted octanol–water partition coefficient (Wildman–Crippen LogP) is 8.18. The fraction of sp³-hybridized carbons (Fsp3) is 0.0714. The van der Waals surface area contributed by atoms with Crippen molar-refractivity contribution in [3.63, 3.8) is 0 Å². The van der Waals surface area contributed by atoms with Gasteiger partial charge >= 0.3 is 0 Å². The van der Waals surface area contributed by atoms with Crippen LogP contribution in [0.15, 0.2) is 98.8 Å². The number of carbonyl (C=O) groups excluding carboxylic acids is 2. The molecule has 35 heavy (non-hydrogen) atoms. The maximum absolute atomic E-state index is 12.9. The van der Waals surface area contributed by atoms with E-state index >= 15 is 0 Å². The molecule has 1 saturated heterocycles. The molecule has 0 spiro atoms. The van der Waals surface area contributed by atoms with E-state index in [4.69, 9.17) is 4.74 Å². The van der Waals surface area contributed by atoms with Crippen LogP contribution in [0.5, 0.6) is 5.75 Å². The Bertz CT molecular complexity index is 1460. The first-order chi connectivity index (χ1) is 17.0. The van der Waals surface area contributed by atoms with Crippen molar-refractivity contribution in [2.75, 3.05) is 0 Å². The van der Waals surface area contributed by atoms with Crippen LogP contribution < -0.4 is 4.74 Å². The summed E-state index contributed by atoms with van der Waals surface area (Å²) in [5.74, 6) is 0.425. The van der Waals surface area contributed by atoms with E-state index < -0.39 is 0 Å². The lowest BCUT2D eigenvalue weighted by atomic mass is 10.1. The number of fused-ring (bicyclic) bond motifs is 1. The van der Waals surface area contributed by atoms with Gasteiger partial charge in [-0.1, -0.05) is 76.6 Å². The summed E-state index contributed by atoms with van der Waals surface area (Å²) in [5, 5.41) is 2.08. The number of rotatable bonds is 6. The van der Waals surface area contributed by atoms with Crippen LogP contribution in [0.2, 0.25) is 0 Å². The van der Waals surface area contributed by atoms with Crippen molar-refractivity contribution < 1.29 is 14.3 Å². The molecule has 1 fully saturated rings. The SMILES string of the molecule is O=C1S/C(=C\c2ccc(OCc3cccc4ccccc34)c(Br)c2)C(=O)N1Cc1ccc(Br)cc1. The highest BCUT2D eigenvalue weighted by atomic mass is 79.9. The van der Waals surface area contributed by atoms with Crippen LogP contribution >= 0.6 is 43.6 Å². The summed E-state index contributed by atoms with van der Waals surface area (Å²) in [6, 6.07) is 27.6. The summed E-state index contributed by atoms with van der Waals surface area (Å²) >= 11 is 7.94. The molecule has 0 radical (unpaired) electrons. The highest BCUT2D eigenvalue weighted by Crippen LogP contribution is 2.35. The van der Waals surface area contributed by atoms with Gasteiger partial charge in [0.05, 0.1) is 15.9 Å². The summed E-state index contributed by atoms with van der Waals surface area (Å²) in [6.45, 7) is 0.689. The lowest BCUT2D eigenvalue weighted by Crippen LogP contribution is -2.27. The van der Waals surface area contributed by atoms with Crippen molar-refractivity contribution >= 4 is 71.6 Å². The summed E-state index contributed by atoms with van der Waals surface area (Å²) in [5.41, 5.74) is 2.81. The number of ether oxygens (including phenoxy) is 1. The minimum absolute atomic E-state index is 0.250. The standard InChI is InChI=1S/C28H19Br2NO3S/c29-22-11-8-18(9-12-22)16-31-27(32)26(35-28(31)33)15-19-10-13-25(24(30)14-19)34-17-21-6-3-5-20-4-1-2-7-23(20)21/h1-15H,16-17H2/b26-15-. The van der Waals surface area contributed by atoms with Gasteiger partial charge in [0.15, 0.2) is 0 Å². The lowest BCUT2D eigenvalue weighted by Gasteiger charge is -2.12. The Hall–Kier alpha value is -2.87. The summed E-state index contributed by atoms with van der Waals surface area (Å²) < 4.78 is 7.81. The number of amides is 2. The number of thioether (sulfide) groups is 1. The molecule has 4 aromatic carbocycles. The normalized spacial score (nSPS) is 14.8. The first-order valence-corrected chi connectivity index (χ1v) is 13.3. The largest absolute Gasteiger partial charge is 0.488 e. The topological polar surface area (TPSA) is 46.6 Å². The summed E-state index contributed by atoms with van der Waals surface area (Å²) in [6.07, 6.45) is 1.74. The number of benzene rings is 4. The molecule has 1 heterocycles. The molecule has 0 atom stereocenters. The Balaban J connectivity index is 1.29. The van der Waals surface area contributed by atoms with Crippen molar-refractivity contribution in [1.82, 2.24) is 4.90 Å². The predicted molar refractivity (Wildman–Crippen MR) is 148 cm³/mol. The van der Waals surface area contributed by atoms with Crippen LogP contribution in [0.25, 0.3) is 16.8 Å². The second kappa shape index (κ2) is 10.4. The number of hydrogen-bond acceptors (Lipinski definition) is 4. The van der Waals surface area contributed by atoms with Gasteiger partial charge < -0.3 is 4.74 Å². The van der Waals surface area contributed by atoms with E-state index in [9.17, 15) is 9.59 Å². The molecule has 174 valence electrons. The molecule has 5 rings (SSSR count). The van der Waals surface area contributed by atoms with Gasteiger partial charge in [-0.3, -0.25) is 14.5 Å². The molecule has 4 aromatic rings. The average Bonchev–Trinajstić information content (AvgIpc) is 3.12. The molecule has 0 saturated carbocycles. The zero-order valence-electron chi connectivity index (χ0n) is 18.4. The van der Waals surface area contributed by atoms with E-state index in [0.29, 0.717) is 17.3 Å². The van der Waals surface area contributed by atoms with Crippen LogP contribution in [0.3, 0.4) is 0 Å². The van der Waals surface area contributed by atoms with Crippen LogP contribution in [0.4, 0.5) is 4.79 Å². The van der Waals surface area contributed by atoms with E-state index in [1.807, 2.05) is 60.7 Å². The van der Waals surface area contributed by atoms with Gasteiger partial charge in [-0.05, 0) is 85.5 Å². The molecule has 1 aliphatic heterocycles. The van der Waals surface area contributed by atoms with Crippen molar-refractivity contribution in [1.29, 1.82) is 0 Å². The fourth-order valence-electron chi connectivity index (χ4n) is 3.86. The summed E-state index contributed by atoms with van der Waals surface area (Å²) in [4.78, 5) is 27.0. The van der Waals surface area contributed by atoms with Gasteiger partial charge in [-0.15, -0.1) is 0 Å². The Morgan fingerprint density at radius 2 is 1.66 bits per heavy atom. The Labute approximate surface area is 224 Å². The molecule has 0 aromatic heterocycles. The maximum atomic E-state index is 12.9. The van der Waals surface area contributed by atoms with Gasteiger partial charge in [0.2, 0.25) is 0 Å². The van der Waals surface area contributed by atoms with Gasteiger partial charge in [0.25, 0.3) is 11.1 Å². The first-order valence-electron chi connectivity index (χ1n) is 10.9. The number of imide groups is 1. The monoisotopic (exact) mass is 607 g/mol. The zero-order chi connectivity index (χ0) is 24.4. The maximum Gasteiger partial charge on any atom is 0.293 e. The smallest absolute Gasteiger partial charge is 0.293 e. The second-order valence-electron chi connectivity index (χ2n) is 8.01. The average molecular weight is 609 g/mol. The van der Waals surface area contributed by atoms with Crippen molar-refractivity contribution in [2.24, 2.45) is 0 Å². The van der Waals surface area contributed by atoms with Gasteiger partial charge in [0, 0.05) is 4.47 Å². The third-order valence-corrected chi connectivity index (χ3v) is 7.70. The highest BCUT2D eigenvalue weighted by molar-refractivity contribution is 9.10. The molecule has 4 nitrogen and oxygen atoms in total. The molecular formula is C28H19Br2NO3S. The highest BCUT2D eigenvalue weighted by Gasteiger charge is 2.35. The molecule has 2 amide bonds. The van der Waals surface area contributed by atoms with E-state index in [-0.39, 0.29) is 17.7 Å². The third kappa shape index (κ3) is 5.37. The van der Waals surface area contributed by atoms with Gasteiger partial charge in [-0.25, -0.2) is 0 Å². The summed E-state index contributed by atoms with van der Waals surface area (Å²) in [7, 11) is 0. The molecule has 0 aliphatic carbocycles. The van der Waals surface area contributed by atoms with Crippen molar-refractivity contribution in [2.45, 2.75) is 13.2 Å². The minimum Gasteiger partial charge on any atom is -0.488 e. The van der Waals surface area contributed by atoms with Crippen LogP contribution in [0.1, 0.15) is 16.7 Å². The number of carbonyl (C=O) groups is 2. The van der Waals surface area contributed by atoms with E-state index in [2.05, 4.69) is 56.1 Å². The Kier molecular flexibility index (Phi) is 7.09. The third-order valence-electron chi connectivity index (χ3n) is 5.64. The zero-order valence-corrected chi connectivity index (χ0v) is 22.4. The van der Waals surface area contributed by atoms with Gasteiger partial charge in [-0.2, -0.15) is 0 Å². The van der Waals surface area contributed by atoms with E-state index in [1.54, 1.807) is 6.08 Å². The van der Waals surface area contributed by atoms with Gasteiger partial charge in [0.1, 0.15) is 12.4 Å². The molecule has 0 N–H and O–H groups in total. The number of hydrogen-bond donors (Lipinski definition) is 0. The quantitative estimate of drug-likeness (QED) is 0.207. The van der Waals surface area contributed by atoms with Crippen LogP contribution in [-0.4, -0.2) is 16.0 Å². The molecule has 7 heteroatoms. The number of halogens is 2. The second-order valence-corrected chi connectivity index (χ2v) is 10.8. The first kappa shape index (κ1) is 23.9. The molecule has 1 aliphatic rings. The molecule has 0 unspecified atom stereocenters. The van der Waals surface area contributed by atoms with E-state index in [0.717, 1.165) is 37.4 Å². The van der Waals surface area contributed by atoms with Crippen LogP contribution in [0, 0.1) is 0 Å². The Morgan fingerprint density at radius 1 is 0.886 bits per heavy atom.